The molecule has 0 aromatic carbocycles. The zero-order chi connectivity index (χ0) is 14.0. The number of carbonyl (C=O) groups is 1. The Bertz CT molecular complexity index is 237. The summed E-state index contributed by atoms with van der Waals surface area (Å²) >= 11 is 0. The third kappa shape index (κ3) is 10.3. The number of ether oxygens (including phenoxy) is 2. The first kappa shape index (κ1) is 17.1. The number of halogens is 3. The van der Waals surface area contributed by atoms with Crippen LogP contribution < -0.4 is 10.6 Å². The third-order valence-electron chi connectivity index (χ3n) is 1.99. The highest BCUT2D eigenvalue weighted by Crippen LogP contribution is 2.12. The SMILES string of the molecule is COCCOCCNC(C)C(=O)NCC(F)(F)F. The number of methoxy groups -OCH3 is 1. The minimum atomic E-state index is -4.39. The lowest BCUT2D eigenvalue weighted by Crippen LogP contribution is -2.46. The number of carbonyl (C=O) groups excluding carboxylic acids is 1. The van der Waals surface area contributed by atoms with Crippen molar-refractivity contribution in [3.05, 3.63) is 0 Å². The standard InChI is InChI=1S/C10H19F3N2O3/c1-8(9(16)15-7-10(11,12)13)14-3-4-18-6-5-17-2/h8,14H,3-7H2,1-2H3,(H,15,16). The Labute approximate surface area is 104 Å². The van der Waals surface area contributed by atoms with Crippen molar-refractivity contribution in [2.75, 3.05) is 40.0 Å². The topological polar surface area (TPSA) is 59.6 Å². The first-order chi connectivity index (χ1) is 8.37. The van der Waals surface area contributed by atoms with Gasteiger partial charge in [-0.25, -0.2) is 0 Å². The summed E-state index contributed by atoms with van der Waals surface area (Å²) in [6.45, 7) is 1.82. The minimum absolute atomic E-state index is 0.361. The van der Waals surface area contributed by atoms with E-state index in [0.717, 1.165) is 0 Å². The quantitative estimate of drug-likeness (QED) is 0.593. The molecule has 108 valence electrons. The van der Waals surface area contributed by atoms with Crippen LogP contribution in [0.3, 0.4) is 0 Å². The van der Waals surface area contributed by atoms with Gasteiger partial charge in [-0.05, 0) is 6.92 Å². The van der Waals surface area contributed by atoms with Crippen LogP contribution in [0.15, 0.2) is 0 Å². The van der Waals surface area contributed by atoms with Gasteiger partial charge in [0.15, 0.2) is 0 Å². The van der Waals surface area contributed by atoms with Crippen LogP contribution in [0.2, 0.25) is 0 Å². The van der Waals surface area contributed by atoms with Gasteiger partial charge in [-0.2, -0.15) is 13.2 Å². The maximum absolute atomic E-state index is 11.8. The molecule has 8 heteroatoms. The van der Waals surface area contributed by atoms with Crippen molar-refractivity contribution in [3.8, 4) is 0 Å². The van der Waals surface area contributed by atoms with Gasteiger partial charge in [0.05, 0.1) is 25.9 Å². The monoisotopic (exact) mass is 272 g/mol. The molecule has 0 spiro atoms. The highest BCUT2D eigenvalue weighted by atomic mass is 19.4. The predicted octanol–water partition coefficient (Wildman–Crippen LogP) is 0.306. The molecular weight excluding hydrogens is 253 g/mol. The highest BCUT2D eigenvalue weighted by molar-refractivity contribution is 5.81. The first-order valence-electron chi connectivity index (χ1n) is 5.51. The molecule has 0 aliphatic heterocycles. The van der Waals surface area contributed by atoms with Crippen LogP contribution in [0.5, 0.6) is 0 Å². The molecule has 5 nitrogen and oxygen atoms in total. The van der Waals surface area contributed by atoms with Crippen LogP contribution in [-0.2, 0) is 14.3 Å². The Balaban J connectivity index is 3.56. The fourth-order valence-corrected chi connectivity index (χ4v) is 1.03. The molecule has 0 aromatic rings. The van der Waals surface area contributed by atoms with E-state index in [1.165, 1.54) is 6.92 Å². The van der Waals surface area contributed by atoms with E-state index in [4.69, 9.17) is 9.47 Å². The van der Waals surface area contributed by atoms with E-state index in [9.17, 15) is 18.0 Å². The van der Waals surface area contributed by atoms with Gasteiger partial charge >= 0.3 is 6.18 Å². The van der Waals surface area contributed by atoms with E-state index < -0.39 is 24.7 Å². The fraction of sp³-hybridized carbons (Fsp3) is 0.900. The molecule has 2 N–H and O–H groups in total. The average molecular weight is 272 g/mol. The van der Waals surface area contributed by atoms with Crippen LogP contribution in [0.4, 0.5) is 13.2 Å². The van der Waals surface area contributed by atoms with Gasteiger partial charge in [0.2, 0.25) is 5.91 Å². The number of rotatable bonds is 9. The van der Waals surface area contributed by atoms with Gasteiger partial charge < -0.3 is 20.1 Å². The van der Waals surface area contributed by atoms with Crippen molar-refractivity contribution in [2.45, 2.75) is 19.1 Å². The highest BCUT2D eigenvalue weighted by Gasteiger charge is 2.28. The maximum Gasteiger partial charge on any atom is 0.405 e. The molecule has 18 heavy (non-hydrogen) atoms. The van der Waals surface area contributed by atoms with Crippen molar-refractivity contribution >= 4 is 5.91 Å². The molecule has 0 fully saturated rings. The minimum Gasteiger partial charge on any atom is -0.382 e. The van der Waals surface area contributed by atoms with Crippen molar-refractivity contribution < 1.29 is 27.4 Å². The van der Waals surface area contributed by atoms with Crippen LogP contribution in [0, 0.1) is 0 Å². The number of amides is 1. The molecule has 0 saturated carbocycles. The second-order valence-corrected chi connectivity index (χ2v) is 3.61. The maximum atomic E-state index is 11.8. The summed E-state index contributed by atoms with van der Waals surface area (Å²) in [5.74, 6) is -0.691. The Morgan fingerprint density at radius 3 is 2.50 bits per heavy atom. The van der Waals surface area contributed by atoms with Gasteiger partial charge in [0, 0.05) is 13.7 Å². The molecule has 0 aliphatic carbocycles. The lowest BCUT2D eigenvalue weighted by molar-refractivity contribution is -0.139. The lowest BCUT2D eigenvalue weighted by atomic mass is 10.3. The number of nitrogens with one attached hydrogen (secondary N) is 2. The second-order valence-electron chi connectivity index (χ2n) is 3.61. The number of hydrogen-bond donors (Lipinski definition) is 2. The fourth-order valence-electron chi connectivity index (χ4n) is 1.03. The molecule has 1 atom stereocenters. The molecule has 0 bridgehead atoms. The van der Waals surface area contributed by atoms with E-state index >= 15 is 0 Å². The van der Waals surface area contributed by atoms with E-state index in [0.29, 0.717) is 26.4 Å². The summed E-state index contributed by atoms with van der Waals surface area (Å²) < 4.78 is 45.4. The van der Waals surface area contributed by atoms with Crippen molar-refractivity contribution in [3.63, 3.8) is 0 Å². The van der Waals surface area contributed by atoms with Gasteiger partial charge in [0.1, 0.15) is 6.54 Å². The summed E-state index contributed by atoms with van der Waals surface area (Å²) in [5.41, 5.74) is 0. The van der Waals surface area contributed by atoms with Gasteiger partial charge in [-0.1, -0.05) is 0 Å². The number of hydrogen-bond acceptors (Lipinski definition) is 4. The van der Waals surface area contributed by atoms with Gasteiger partial charge in [-0.15, -0.1) is 0 Å². The Hall–Kier alpha value is -0.860. The molecule has 0 radical (unpaired) electrons. The van der Waals surface area contributed by atoms with Gasteiger partial charge in [-0.3, -0.25) is 4.79 Å². The summed E-state index contributed by atoms with van der Waals surface area (Å²) in [6, 6.07) is -0.696. The molecule has 0 saturated heterocycles. The third-order valence-corrected chi connectivity index (χ3v) is 1.99. The zero-order valence-electron chi connectivity index (χ0n) is 10.5. The van der Waals surface area contributed by atoms with Crippen LogP contribution in [0.1, 0.15) is 6.92 Å². The Morgan fingerprint density at radius 2 is 1.94 bits per heavy atom. The van der Waals surface area contributed by atoms with Crippen LogP contribution >= 0.6 is 0 Å². The molecule has 0 rings (SSSR count). The molecule has 1 amide bonds. The normalized spacial score (nSPS) is 13.4. The van der Waals surface area contributed by atoms with E-state index in [-0.39, 0.29) is 0 Å². The first-order valence-corrected chi connectivity index (χ1v) is 5.51. The molecular formula is C10H19F3N2O3. The smallest absolute Gasteiger partial charge is 0.382 e. The summed E-state index contributed by atoms with van der Waals surface area (Å²) in [7, 11) is 1.55. The van der Waals surface area contributed by atoms with E-state index in [1.54, 1.807) is 12.4 Å². The van der Waals surface area contributed by atoms with Gasteiger partial charge in [0.25, 0.3) is 0 Å². The lowest BCUT2D eigenvalue weighted by Gasteiger charge is -2.15. The average Bonchev–Trinajstić information content (AvgIpc) is 2.29. The van der Waals surface area contributed by atoms with Crippen molar-refractivity contribution in [2.24, 2.45) is 0 Å². The molecule has 0 aliphatic rings. The summed E-state index contributed by atoms with van der Waals surface area (Å²) in [6.07, 6.45) is -4.39. The molecule has 1 unspecified atom stereocenters. The second kappa shape index (κ2) is 9.12. The largest absolute Gasteiger partial charge is 0.405 e. The predicted molar refractivity (Wildman–Crippen MR) is 59.2 cm³/mol. The molecule has 0 aromatic heterocycles. The van der Waals surface area contributed by atoms with Crippen molar-refractivity contribution in [1.29, 1.82) is 0 Å². The van der Waals surface area contributed by atoms with Crippen LogP contribution in [-0.4, -0.2) is 58.1 Å². The van der Waals surface area contributed by atoms with E-state index in [1.807, 2.05) is 0 Å². The summed E-state index contributed by atoms with van der Waals surface area (Å²) in [4.78, 5) is 11.2. The number of alkyl halides is 3. The Morgan fingerprint density at radius 1 is 1.28 bits per heavy atom. The van der Waals surface area contributed by atoms with E-state index in [2.05, 4.69) is 5.32 Å². The van der Waals surface area contributed by atoms with Crippen molar-refractivity contribution in [1.82, 2.24) is 10.6 Å². The Kier molecular flexibility index (Phi) is 8.69. The van der Waals surface area contributed by atoms with Crippen LogP contribution in [0.25, 0.3) is 0 Å². The zero-order valence-corrected chi connectivity index (χ0v) is 10.5. The molecule has 0 heterocycles. The summed E-state index contributed by atoms with van der Waals surface area (Å²) in [5, 5.41) is 4.55.